The first-order valence-corrected chi connectivity index (χ1v) is 12.6. The molecule has 0 saturated heterocycles. The lowest BCUT2D eigenvalue weighted by Crippen LogP contribution is -2.42. The summed E-state index contributed by atoms with van der Waals surface area (Å²) in [6.45, 7) is 9.68. The molecule has 0 aliphatic carbocycles. The lowest BCUT2D eigenvalue weighted by molar-refractivity contribution is -0.149. The van der Waals surface area contributed by atoms with Crippen LogP contribution < -0.4 is 14.8 Å². The number of carbonyl (C=O) groups excluding carboxylic acids is 3. The normalized spacial score (nSPS) is 13.1. The average molecular weight is 526 g/mol. The van der Waals surface area contributed by atoms with Crippen LogP contribution >= 0.6 is 0 Å². The molecular weight excluding hydrogens is 486 g/mol. The molecule has 0 radical (unpaired) electrons. The maximum Gasteiger partial charge on any atom is 0.513 e. The zero-order valence-corrected chi connectivity index (χ0v) is 22.2. The van der Waals surface area contributed by atoms with E-state index >= 15 is 0 Å². The molecule has 37 heavy (non-hydrogen) atoms. The van der Waals surface area contributed by atoms with Gasteiger partial charge in [0.15, 0.2) is 11.5 Å². The van der Waals surface area contributed by atoms with Crippen molar-refractivity contribution in [2.24, 2.45) is 5.92 Å². The molecule has 3 atom stereocenters. The Morgan fingerprint density at radius 3 is 2.05 bits per heavy atom. The Bertz CT molecular complexity index is 888. The molecule has 0 fully saturated rings. The number of carboxylic acids is 1. The van der Waals surface area contributed by atoms with Gasteiger partial charge in [0.1, 0.15) is 12.1 Å². The van der Waals surface area contributed by atoms with Gasteiger partial charge in [-0.15, -0.1) is 0 Å². The number of benzene rings is 1. The number of aliphatic carboxylic acids is 1. The van der Waals surface area contributed by atoms with Gasteiger partial charge in [-0.1, -0.05) is 40.2 Å². The van der Waals surface area contributed by atoms with Crippen LogP contribution in [0.15, 0.2) is 18.2 Å². The molecule has 0 amide bonds. The maximum absolute atomic E-state index is 12.0. The van der Waals surface area contributed by atoms with E-state index in [9.17, 15) is 24.3 Å². The lowest BCUT2D eigenvalue weighted by Gasteiger charge is -2.20. The fourth-order valence-electron chi connectivity index (χ4n) is 2.99. The molecule has 11 heteroatoms. The van der Waals surface area contributed by atoms with Crippen molar-refractivity contribution in [3.05, 3.63) is 23.8 Å². The topological polar surface area (TPSA) is 147 Å². The van der Waals surface area contributed by atoms with Gasteiger partial charge in [-0.05, 0) is 49.8 Å². The molecule has 0 aliphatic heterocycles. The van der Waals surface area contributed by atoms with Crippen molar-refractivity contribution in [3.63, 3.8) is 0 Å². The van der Waals surface area contributed by atoms with Crippen LogP contribution in [-0.4, -0.2) is 61.3 Å². The van der Waals surface area contributed by atoms with Crippen LogP contribution in [-0.2, 0) is 30.2 Å². The highest BCUT2D eigenvalue weighted by molar-refractivity contribution is 5.74. The Morgan fingerprint density at radius 1 is 0.919 bits per heavy atom. The van der Waals surface area contributed by atoms with Crippen molar-refractivity contribution in [1.82, 2.24) is 5.32 Å². The Hall–Kier alpha value is -3.34. The summed E-state index contributed by atoms with van der Waals surface area (Å²) in [4.78, 5) is 47.7. The Morgan fingerprint density at radius 2 is 1.51 bits per heavy atom. The first-order valence-electron chi connectivity index (χ1n) is 12.6. The van der Waals surface area contributed by atoms with Crippen LogP contribution in [0.4, 0.5) is 9.59 Å². The van der Waals surface area contributed by atoms with Crippen molar-refractivity contribution in [2.45, 2.75) is 78.9 Å². The molecule has 0 aromatic heterocycles. The van der Waals surface area contributed by atoms with Crippen LogP contribution in [0, 0.1) is 5.92 Å². The van der Waals surface area contributed by atoms with Gasteiger partial charge in [0.05, 0.1) is 13.2 Å². The second-order valence-corrected chi connectivity index (χ2v) is 8.70. The molecule has 1 aromatic carbocycles. The summed E-state index contributed by atoms with van der Waals surface area (Å²) in [5.74, 6) is -1.45. The standard InChI is InChI=1S/C26H39NO10/c1-6-11-33-25(31)36-21-10-9-19(15-22(21)37-26(32)34-12-7-2)14-20(24(29)30)27-16-18(5)35-23(28)13-17(4)8-3/h9-10,15,17-18,20,27H,6-8,11-14,16H2,1-5H3,(H,29,30)/t17?,18?,20-/m0/s1. The summed E-state index contributed by atoms with van der Waals surface area (Å²) in [5, 5.41) is 12.6. The maximum atomic E-state index is 12.0. The van der Waals surface area contributed by atoms with Crippen LogP contribution in [0.25, 0.3) is 0 Å². The highest BCUT2D eigenvalue weighted by atomic mass is 16.7. The lowest BCUT2D eigenvalue weighted by atomic mass is 10.0. The summed E-state index contributed by atoms with van der Waals surface area (Å²) in [6.07, 6.45) is -0.157. The van der Waals surface area contributed by atoms with E-state index in [1.54, 1.807) is 13.0 Å². The van der Waals surface area contributed by atoms with Crippen molar-refractivity contribution in [2.75, 3.05) is 19.8 Å². The summed E-state index contributed by atoms with van der Waals surface area (Å²) in [5.41, 5.74) is 0.480. The number of ether oxygens (including phenoxy) is 5. The number of carbonyl (C=O) groups is 4. The van der Waals surface area contributed by atoms with E-state index < -0.39 is 30.4 Å². The van der Waals surface area contributed by atoms with E-state index in [2.05, 4.69) is 5.32 Å². The number of carboxylic acid groups (broad SMARTS) is 1. The molecule has 2 unspecified atom stereocenters. The van der Waals surface area contributed by atoms with Crippen molar-refractivity contribution in [1.29, 1.82) is 0 Å². The monoisotopic (exact) mass is 525 g/mol. The van der Waals surface area contributed by atoms with Crippen LogP contribution in [0.2, 0.25) is 0 Å². The minimum absolute atomic E-state index is 0.00377. The minimum atomic E-state index is -1.12. The summed E-state index contributed by atoms with van der Waals surface area (Å²) in [6, 6.07) is 3.28. The average Bonchev–Trinajstić information content (AvgIpc) is 2.84. The number of hydrogen-bond donors (Lipinski definition) is 2. The molecule has 2 N–H and O–H groups in total. The molecule has 0 spiro atoms. The van der Waals surface area contributed by atoms with Crippen LogP contribution in [0.3, 0.4) is 0 Å². The van der Waals surface area contributed by atoms with E-state index in [4.69, 9.17) is 23.7 Å². The molecule has 1 rings (SSSR count). The van der Waals surface area contributed by atoms with Crippen molar-refractivity contribution >= 4 is 24.2 Å². The van der Waals surface area contributed by atoms with E-state index in [-0.39, 0.29) is 49.6 Å². The number of nitrogens with one attached hydrogen (secondary N) is 1. The number of hydrogen-bond acceptors (Lipinski definition) is 10. The SMILES string of the molecule is CCCOC(=O)Oc1ccc(C[C@H](NCC(C)OC(=O)CC(C)CC)C(=O)O)cc1OC(=O)OCCC. The quantitative estimate of drug-likeness (QED) is 0.179. The molecule has 11 nitrogen and oxygen atoms in total. The van der Waals surface area contributed by atoms with E-state index in [0.717, 1.165) is 6.42 Å². The number of esters is 1. The molecule has 0 bridgehead atoms. The molecule has 1 aromatic rings. The molecule has 208 valence electrons. The number of rotatable bonds is 16. The minimum Gasteiger partial charge on any atom is -0.480 e. The highest BCUT2D eigenvalue weighted by Crippen LogP contribution is 2.30. The molecule has 0 aliphatic rings. The van der Waals surface area contributed by atoms with Gasteiger partial charge in [-0.3, -0.25) is 9.59 Å². The van der Waals surface area contributed by atoms with Crippen molar-refractivity contribution in [3.8, 4) is 11.5 Å². The third kappa shape index (κ3) is 13.0. The van der Waals surface area contributed by atoms with Gasteiger partial charge in [-0.25, -0.2) is 9.59 Å². The zero-order chi connectivity index (χ0) is 27.8. The Balaban J connectivity index is 2.92. The smallest absolute Gasteiger partial charge is 0.480 e. The zero-order valence-electron chi connectivity index (χ0n) is 22.2. The highest BCUT2D eigenvalue weighted by Gasteiger charge is 2.22. The predicted molar refractivity (Wildman–Crippen MR) is 134 cm³/mol. The third-order valence-electron chi connectivity index (χ3n) is 5.18. The van der Waals surface area contributed by atoms with Crippen LogP contribution in [0.5, 0.6) is 11.5 Å². The van der Waals surface area contributed by atoms with E-state index in [0.29, 0.717) is 24.8 Å². The molecular formula is C26H39NO10. The van der Waals surface area contributed by atoms with Gasteiger partial charge in [0.25, 0.3) is 0 Å². The Labute approximate surface area is 217 Å². The fourth-order valence-corrected chi connectivity index (χ4v) is 2.99. The second kappa shape index (κ2) is 17.2. The summed E-state index contributed by atoms with van der Waals surface area (Å²) >= 11 is 0. The first-order chi connectivity index (χ1) is 17.6. The van der Waals surface area contributed by atoms with E-state index in [1.807, 2.05) is 27.7 Å². The van der Waals surface area contributed by atoms with Gasteiger partial charge in [0, 0.05) is 13.0 Å². The molecule has 0 heterocycles. The predicted octanol–water partition coefficient (Wildman–Crippen LogP) is 4.49. The van der Waals surface area contributed by atoms with Gasteiger partial charge in [0.2, 0.25) is 0 Å². The summed E-state index contributed by atoms with van der Waals surface area (Å²) < 4.78 is 25.5. The summed E-state index contributed by atoms with van der Waals surface area (Å²) in [7, 11) is 0. The van der Waals surface area contributed by atoms with Gasteiger partial charge < -0.3 is 34.1 Å². The van der Waals surface area contributed by atoms with Gasteiger partial charge >= 0.3 is 24.2 Å². The largest absolute Gasteiger partial charge is 0.513 e. The van der Waals surface area contributed by atoms with Gasteiger partial charge in [-0.2, -0.15) is 0 Å². The fraction of sp³-hybridized carbons (Fsp3) is 0.615. The van der Waals surface area contributed by atoms with Crippen molar-refractivity contribution < 1.29 is 48.0 Å². The third-order valence-corrected chi connectivity index (χ3v) is 5.18. The first kappa shape index (κ1) is 31.7. The van der Waals surface area contributed by atoms with E-state index in [1.165, 1.54) is 12.1 Å². The van der Waals surface area contributed by atoms with Crippen LogP contribution in [0.1, 0.15) is 65.9 Å². The Kier molecular flexibility index (Phi) is 14.7. The second-order valence-electron chi connectivity index (χ2n) is 8.70. The molecule has 0 saturated carbocycles.